The Kier molecular flexibility index (Phi) is 8.12. The van der Waals surface area contributed by atoms with E-state index in [1.807, 2.05) is 0 Å². The predicted octanol–water partition coefficient (Wildman–Crippen LogP) is 3.83. The molecule has 2 aromatic carbocycles. The number of hydrogen-bond donors (Lipinski definition) is 2. The van der Waals surface area contributed by atoms with Gasteiger partial charge in [0.25, 0.3) is 15.9 Å². The maximum absolute atomic E-state index is 13.1. The summed E-state index contributed by atoms with van der Waals surface area (Å²) in [6.07, 6.45) is 0. The minimum absolute atomic E-state index is 0.0246. The Balaban J connectivity index is 1.57. The number of nitrogens with zero attached hydrogens (tertiary/aromatic N) is 3. The summed E-state index contributed by atoms with van der Waals surface area (Å²) in [5, 5.41) is 6.80. The van der Waals surface area contributed by atoms with Gasteiger partial charge in [0.05, 0.1) is 21.8 Å². The fraction of sp³-hybridized carbons (Fsp3) is 0.273. The number of nitrogens with one attached hydrogen (secondary N) is 2. The van der Waals surface area contributed by atoms with Gasteiger partial charge in [0.1, 0.15) is 10.0 Å². The van der Waals surface area contributed by atoms with E-state index in [0.29, 0.717) is 18.8 Å². The Labute approximate surface area is 229 Å². The number of aryl methyl sites for hydroxylation is 2. The number of rotatable bonds is 7. The summed E-state index contributed by atoms with van der Waals surface area (Å²) < 4.78 is 56.9. The zero-order chi connectivity index (χ0) is 27.0. The normalized spacial score (nSPS) is 14.9. The van der Waals surface area contributed by atoms with Crippen molar-refractivity contribution < 1.29 is 21.6 Å². The van der Waals surface area contributed by atoms with Crippen LogP contribution in [-0.4, -0.2) is 61.4 Å². The maximum atomic E-state index is 13.1. The van der Waals surface area contributed by atoms with E-state index in [-0.39, 0.29) is 36.9 Å². The quantitative estimate of drug-likeness (QED) is 0.419. The van der Waals surface area contributed by atoms with Gasteiger partial charge in [-0.05, 0) is 49.4 Å². The van der Waals surface area contributed by atoms with E-state index in [0.717, 1.165) is 11.5 Å². The van der Waals surface area contributed by atoms with Crippen molar-refractivity contribution in [1.29, 1.82) is 0 Å². The molecule has 1 amide bonds. The molecule has 198 valence electrons. The average molecular weight is 605 g/mol. The molecule has 1 aliphatic heterocycles. The van der Waals surface area contributed by atoms with Gasteiger partial charge in [-0.2, -0.15) is 21.2 Å². The van der Waals surface area contributed by atoms with Crippen LogP contribution in [0.2, 0.25) is 10.2 Å². The van der Waals surface area contributed by atoms with Crippen molar-refractivity contribution in [2.45, 2.75) is 16.7 Å². The molecule has 10 nitrogen and oxygen atoms in total. The fourth-order valence-corrected chi connectivity index (χ4v) is 8.33. The zero-order valence-corrected chi connectivity index (χ0v) is 23.7. The molecule has 4 rings (SSSR count). The first kappa shape index (κ1) is 27.7. The van der Waals surface area contributed by atoms with E-state index in [4.69, 9.17) is 23.2 Å². The number of anilines is 2. The fourth-order valence-electron chi connectivity index (χ4n) is 3.75. The van der Waals surface area contributed by atoms with Crippen LogP contribution in [0.1, 0.15) is 16.1 Å². The van der Waals surface area contributed by atoms with Gasteiger partial charge in [0.15, 0.2) is 0 Å². The number of benzene rings is 2. The number of halogens is 2. The Morgan fingerprint density at radius 3 is 2.27 bits per heavy atom. The molecule has 2 heterocycles. The summed E-state index contributed by atoms with van der Waals surface area (Å²) in [5.74, 6) is 0.829. The first-order valence-corrected chi connectivity index (χ1v) is 15.7. The highest BCUT2D eigenvalue weighted by molar-refractivity contribution is 7.99. The third kappa shape index (κ3) is 5.91. The minimum atomic E-state index is -4.19. The highest BCUT2D eigenvalue weighted by atomic mass is 35.5. The van der Waals surface area contributed by atoms with Crippen molar-refractivity contribution in [3.63, 3.8) is 0 Å². The lowest BCUT2D eigenvalue weighted by molar-refractivity contribution is 0.102. The zero-order valence-electron chi connectivity index (χ0n) is 19.7. The van der Waals surface area contributed by atoms with E-state index < -0.39 is 26.0 Å². The molecule has 1 saturated heterocycles. The van der Waals surface area contributed by atoms with Crippen LogP contribution in [-0.2, 0) is 27.1 Å². The van der Waals surface area contributed by atoms with Gasteiger partial charge in [-0.3, -0.25) is 14.2 Å². The van der Waals surface area contributed by atoms with Gasteiger partial charge in [-0.15, -0.1) is 0 Å². The highest BCUT2D eigenvalue weighted by Crippen LogP contribution is 2.29. The summed E-state index contributed by atoms with van der Waals surface area (Å²) in [5.41, 5.74) is 0.441. The van der Waals surface area contributed by atoms with Crippen molar-refractivity contribution in [1.82, 2.24) is 14.1 Å². The molecule has 1 aromatic heterocycles. The topological polar surface area (TPSA) is 130 Å². The second-order valence-corrected chi connectivity index (χ2v) is 13.7. The Hall–Kier alpha value is -2.29. The molecule has 0 unspecified atom stereocenters. The lowest BCUT2D eigenvalue weighted by Gasteiger charge is -2.25. The molecule has 37 heavy (non-hydrogen) atoms. The molecule has 1 fully saturated rings. The number of carbonyl (C=O) groups is 1. The molecule has 0 saturated carbocycles. The molecular weight excluding hydrogens is 581 g/mol. The minimum Gasteiger partial charge on any atom is -0.322 e. The first-order chi connectivity index (χ1) is 17.4. The van der Waals surface area contributed by atoms with Crippen LogP contribution in [0.5, 0.6) is 0 Å². The molecule has 0 radical (unpaired) electrons. The van der Waals surface area contributed by atoms with Crippen LogP contribution in [0.15, 0.2) is 52.3 Å². The first-order valence-electron chi connectivity index (χ1n) is 10.9. The molecule has 0 atom stereocenters. The monoisotopic (exact) mass is 603 g/mol. The van der Waals surface area contributed by atoms with Crippen molar-refractivity contribution in [3.05, 3.63) is 63.9 Å². The standard InChI is InChI=1S/C22H23Cl2N5O5S3/c1-14-20(21(24)28(2)26-14)36(31,32)27-19-8-3-15(23)13-18(19)22(30)25-16-4-6-17(7-5-16)37(33,34)29-9-11-35-12-10-29/h3-8,13,27H,9-12H2,1-2H3,(H,25,30). The van der Waals surface area contributed by atoms with Crippen LogP contribution in [0.3, 0.4) is 0 Å². The van der Waals surface area contributed by atoms with Gasteiger partial charge in [-0.25, -0.2) is 16.8 Å². The van der Waals surface area contributed by atoms with Crippen molar-refractivity contribution in [2.75, 3.05) is 34.6 Å². The largest absolute Gasteiger partial charge is 0.322 e. The molecule has 15 heteroatoms. The third-order valence-corrected chi connectivity index (χ3v) is 10.7. The van der Waals surface area contributed by atoms with Crippen molar-refractivity contribution in [3.8, 4) is 0 Å². The molecular formula is C22H23Cl2N5O5S3. The summed E-state index contributed by atoms with van der Waals surface area (Å²) in [7, 11) is -6.31. The molecule has 0 spiro atoms. The average Bonchev–Trinajstić information content (AvgIpc) is 3.12. The molecule has 3 aromatic rings. The third-order valence-electron chi connectivity index (χ3n) is 5.56. The summed E-state index contributed by atoms with van der Waals surface area (Å²) in [6, 6.07) is 9.89. The van der Waals surface area contributed by atoms with E-state index in [9.17, 15) is 21.6 Å². The molecule has 2 N–H and O–H groups in total. The van der Waals surface area contributed by atoms with Crippen LogP contribution in [0, 0.1) is 6.92 Å². The Morgan fingerprint density at radius 1 is 1.03 bits per heavy atom. The lowest BCUT2D eigenvalue weighted by atomic mass is 10.1. The van der Waals surface area contributed by atoms with Crippen LogP contribution >= 0.6 is 35.0 Å². The van der Waals surface area contributed by atoms with Crippen molar-refractivity contribution in [2.24, 2.45) is 7.05 Å². The van der Waals surface area contributed by atoms with Gasteiger partial charge in [0, 0.05) is 42.4 Å². The lowest BCUT2D eigenvalue weighted by Crippen LogP contribution is -2.37. The van der Waals surface area contributed by atoms with Gasteiger partial charge in [-0.1, -0.05) is 23.2 Å². The van der Waals surface area contributed by atoms with E-state index >= 15 is 0 Å². The van der Waals surface area contributed by atoms with Gasteiger partial charge >= 0.3 is 0 Å². The molecule has 0 aliphatic carbocycles. The number of amides is 1. The second kappa shape index (κ2) is 10.8. The number of aromatic nitrogens is 2. The van der Waals surface area contributed by atoms with Gasteiger partial charge in [0.2, 0.25) is 10.0 Å². The molecule has 0 bridgehead atoms. The van der Waals surface area contributed by atoms with Gasteiger partial charge < -0.3 is 5.32 Å². The van der Waals surface area contributed by atoms with Crippen LogP contribution < -0.4 is 10.0 Å². The highest BCUT2D eigenvalue weighted by Gasteiger charge is 2.28. The predicted molar refractivity (Wildman–Crippen MR) is 146 cm³/mol. The summed E-state index contributed by atoms with van der Waals surface area (Å²) in [6.45, 7) is 2.40. The summed E-state index contributed by atoms with van der Waals surface area (Å²) in [4.78, 5) is 13.0. The molecule has 1 aliphatic rings. The smallest absolute Gasteiger partial charge is 0.266 e. The SMILES string of the molecule is Cc1nn(C)c(Cl)c1S(=O)(=O)Nc1ccc(Cl)cc1C(=O)Nc1ccc(S(=O)(=O)N2CCSCC2)cc1. The number of carbonyl (C=O) groups excluding carboxylic acids is 1. The van der Waals surface area contributed by atoms with E-state index in [2.05, 4.69) is 15.1 Å². The second-order valence-electron chi connectivity index (χ2n) is 8.12. The van der Waals surface area contributed by atoms with Crippen molar-refractivity contribution >= 4 is 72.3 Å². The number of sulfonamides is 2. The Bertz CT molecular complexity index is 1550. The van der Waals surface area contributed by atoms with E-state index in [1.165, 1.54) is 65.4 Å². The summed E-state index contributed by atoms with van der Waals surface area (Å²) >= 11 is 13.9. The Morgan fingerprint density at radius 2 is 1.68 bits per heavy atom. The number of hydrogen-bond acceptors (Lipinski definition) is 7. The van der Waals surface area contributed by atoms with Crippen LogP contribution in [0.25, 0.3) is 0 Å². The van der Waals surface area contributed by atoms with E-state index in [1.54, 1.807) is 11.8 Å². The number of thioether (sulfide) groups is 1. The van der Waals surface area contributed by atoms with Crippen LogP contribution in [0.4, 0.5) is 11.4 Å². The maximum Gasteiger partial charge on any atom is 0.266 e.